The fraction of sp³-hybridized carbons (Fsp3) is 0.467. The molecule has 0 bridgehead atoms. The highest BCUT2D eigenvalue weighted by Crippen LogP contribution is 2.43. The van der Waals surface area contributed by atoms with E-state index in [4.69, 9.17) is 9.47 Å². The molecule has 0 aromatic heterocycles. The topological polar surface area (TPSA) is 52.6 Å². The second kappa shape index (κ2) is 5.23. The molecule has 1 aromatic carbocycles. The molecule has 1 heterocycles. The number of carbonyl (C=O) groups is 2. The molecule has 106 valence electrons. The van der Waals surface area contributed by atoms with Crippen LogP contribution in [0, 0.1) is 11.8 Å². The molecular formula is C15H15FO4. The monoisotopic (exact) mass is 278 g/mol. The van der Waals surface area contributed by atoms with E-state index in [9.17, 15) is 14.0 Å². The minimum absolute atomic E-state index is 0.166. The Morgan fingerprint density at radius 1 is 1.35 bits per heavy atom. The van der Waals surface area contributed by atoms with E-state index in [1.807, 2.05) is 0 Å². The van der Waals surface area contributed by atoms with Crippen molar-refractivity contribution in [2.24, 2.45) is 11.8 Å². The number of benzene rings is 1. The first-order valence-electron chi connectivity index (χ1n) is 6.70. The Labute approximate surface area is 115 Å². The lowest BCUT2D eigenvalue weighted by molar-refractivity contribution is -0.141. The van der Waals surface area contributed by atoms with Gasteiger partial charge in [-0.25, -0.2) is 4.79 Å². The van der Waals surface area contributed by atoms with Crippen LogP contribution in [0.2, 0.25) is 0 Å². The van der Waals surface area contributed by atoms with Crippen molar-refractivity contribution in [3.8, 4) is 0 Å². The number of alkyl halides is 1. The normalized spacial score (nSPS) is 31.8. The molecule has 4 atom stereocenters. The Morgan fingerprint density at radius 2 is 2.10 bits per heavy atom. The Kier molecular flexibility index (Phi) is 3.42. The molecular weight excluding hydrogens is 263 g/mol. The average molecular weight is 278 g/mol. The van der Waals surface area contributed by atoms with Gasteiger partial charge in [0.15, 0.2) is 0 Å². The molecule has 3 rings (SSSR count). The van der Waals surface area contributed by atoms with Crippen LogP contribution in [0.15, 0.2) is 30.3 Å². The molecule has 0 amide bonds. The van der Waals surface area contributed by atoms with Gasteiger partial charge >= 0.3 is 11.9 Å². The summed E-state index contributed by atoms with van der Waals surface area (Å²) in [6.45, 7) is -0.607. The van der Waals surface area contributed by atoms with Gasteiger partial charge in [0.1, 0.15) is 12.2 Å². The molecule has 0 unspecified atom stereocenters. The summed E-state index contributed by atoms with van der Waals surface area (Å²) in [5.74, 6) is -1.35. The third-order valence-corrected chi connectivity index (χ3v) is 4.10. The van der Waals surface area contributed by atoms with Crippen LogP contribution in [0.3, 0.4) is 0 Å². The number of carbonyl (C=O) groups excluding carboxylic acids is 2. The van der Waals surface area contributed by atoms with Crippen molar-refractivity contribution in [3.63, 3.8) is 0 Å². The fourth-order valence-electron chi connectivity index (χ4n) is 3.09. The van der Waals surface area contributed by atoms with Crippen molar-refractivity contribution in [2.75, 3.05) is 6.67 Å². The van der Waals surface area contributed by atoms with Crippen molar-refractivity contribution in [1.29, 1.82) is 0 Å². The van der Waals surface area contributed by atoms with E-state index in [1.165, 1.54) is 0 Å². The van der Waals surface area contributed by atoms with Crippen LogP contribution in [-0.2, 0) is 14.3 Å². The molecule has 5 heteroatoms. The van der Waals surface area contributed by atoms with Gasteiger partial charge in [-0.05, 0) is 12.1 Å². The van der Waals surface area contributed by atoms with Gasteiger partial charge in [0.25, 0.3) is 0 Å². The maximum atomic E-state index is 13.2. The molecule has 2 aliphatic rings. The van der Waals surface area contributed by atoms with E-state index < -0.39 is 24.7 Å². The van der Waals surface area contributed by atoms with Crippen LogP contribution < -0.4 is 0 Å². The summed E-state index contributed by atoms with van der Waals surface area (Å²) >= 11 is 0. The molecule has 2 fully saturated rings. The van der Waals surface area contributed by atoms with E-state index in [1.54, 1.807) is 30.3 Å². The zero-order valence-corrected chi connectivity index (χ0v) is 10.8. The van der Waals surface area contributed by atoms with E-state index in [0.717, 1.165) is 0 Å². The maximum Gasteiger partial charge on any atom is 0.338 e. The highest BCUT2D eigenvalue weighted by Gasteiger charge is 2.51. The van der Waals surface area contributed by atoms with Gasteiger partial charge in [-0.15, -0.1) is 0 Å². The lowest BCUT2D eigenvalue weighted by atomic mass is 9.93. The van der Waals surface area contributed by atoms with Crippen LogP contribution in [0.5, 0.6) is 0 Å². The molecule has 0 N–H and O–H groups in total. The third-order valence-electron chi connectivity index (χ3n) is 4.10. The first-order valence-corrected chi connectivity index (χ1v) is 6.70. The average Bonchev–Trinajstić information content (AvgIpc) is 2.95. The van der Waals surface area contributed by atoms with Crippen LogP contribution >= 0.6 is 0 Å². The van der Waals surface area contributed by atoms with Gasteiger partial charge in [0.2, 0.25) is 0 Å². The number of hydrogen-bond donors (Lipinski definition) is 0. The summed E-state index contributed by atoms with van der Waals surface area (Å²) in [5.41, 5.74) is 0.444. The SMILES string of the molecule is O=C1C[C@@H]2[C@@H](CF)[C@H](OC(=O)c3ccccc3)C[C@@H]2O1. The Balaban J connectivity index is 1.69. The zero-order valence-electron chi connectivity index (χ0n) is 10.8. The van der Waals surface area contributed by atoms with Crippen molar-refractivity contribution < 1.29 is 23.5 Å². The van der Waals surface area contributed by atoms with Crippen molar-refractivity contribution >= 4 is 11.9 Å². The number of rotatable bonds is 3. The van der Waals surface area contributed by atoms with Crippen LogP contribution in [0.4, 0.5) is 4.39 Å². The lowest BCUT2D eigenvalue weighted by Gasteiger charge is -2.20. The van der Waals surface area contributed by atoms with E-state index >= 15 is 0 Å². The Bertz CT molecular complexity index is 516. The van der Waals surface area contributed by atoms with E-state index in [-0.39, 0.29) is 24.4 Å². The molecule has 1 aliphatic carbocycles. The number of esters is 2. The number of ether oxygens (including phenoxy) is 2. The smallest absolute Gasteiger partial charge is 0.338 e. The Hall–Kier alpha value is -1.91. The first kappa shape index (κ1) is 13.1. The second-order valence-corrected chi connectivity index (χ2v) is 5.26. The quantitative estimate of drug-likeness (QED) is 0.795. The van der Waals surface area contributed by atoms with Crippen molar-refractivity contribution in [1.82, 2.24) is 0 Å². The highest BCUT2D eigenvalue weighted by molar-refractivity contribution is 5.89. The van der Waals surface area contributed by atoms with Crippen molar-refractivity contribution in [2.45, 2.75) is 25.0 Å². The predicted molar refractivity (Wildman–Crippen MR) is 67.7 cm³/mol. The maximum absolute atomic E-state index is 13.2. The lowest BCUT2D eigenvalue weighted by Crippen LogP contribution is -2.27. The number of fused-ring (bicyclic) bond motifs is 1. The third kappa shape index (κ3) is 2.28. The molecule has 1 saturated carbocycles. The summed E-state index contributed by atoms with van der Waals surface area (Å²) in [6, 6.07) is 8.61. The fourth-order valence-corrected chi connectivity index (χ4v) is 3.09. The number of hydrogen-bond acceptors (Lipinski definition) is 4. The van der Waals surface area contributed by atoms with Gasteiger partial charge < -0.3 is 9.47 Å². The molecule has 1 saturated heterocycles. The van der Waals surface area contributed by atoms with Gasteiger partial charge in [0, 0.05) is 18.3 Å². The summed E-state index contributed by atoms with van der Waals surface area (Å²) in [7, 11) is 0. The van der Waals surface area contributed by atoms with Gasteiger partial charge in [-0.1, -0.05) is 18.2 Å². The van der Waals surface area contributed by atoms with Gasteiger partial charge in [0.05, 0.1) is 18.7 Å². The van der Waals surface area contributed by atoms with Crippen LogP contribution in [0.1, 0.15) is 23.2 Å². The predicted octanol–water partition coefficient (Wildman–Crippen LogP) is 2.13. The molecule has 1 aromatic rings. The Morgan fingerprint density at radius 3 is 2.80 bits per heavy atom. The first-order chi connectivity index (χ1) is 9.69. The zero-order chi connectivity index (χ0) is 14.1. The molecule has 20 heavy (non-hydrogen) atoms. The van der Waals surface area contributed by atoms with Crippen LogP contribution in [0.25, 0.3) is 0 Å². The van der Waals surface area contributed by atoms with E-state index in [0.29, 0.717) is 12.0 Å². The summed E-state index contributed by atoms with van der Waals surface area (Å²) < 4.78 is 23.7. The molecule has 0 radical (unpaired) electrons. The largest absolute Gasteiger partial charge is 0.462 e. The van der Waals surface area contributed by atoms with Crippen LogP contribution in [-0.4, -0.2) is 30.8 Å². The molecule has 4 nitrogen and oxygen atoms in total. The summed E-state index contributed by atoms with van der Waals surface area (Å²) in [4.78, 5) is 23.2. The number of halogens is 1. The summed E-state index contributed by atoms with van der Waals surface area (Å²) in [6.07, 6.45) is -0.213. The molecule has 1 aliphatic heterocycles. The molecule has 0 spiro atoms. The standard InChI is InChI=1S/C15H15FO4/c16-8-11-10-6-14(17)19-12(10)7-13(11)20-15(18)9-4-2-1-3-5-9/h1-5,10-13H,6-8H2/t10-,11-,12+,13-/m1/s1. The van der Waals surface area contributed by atoms with Gasteiger partial charge in [-0.3, -0.25) is 9.18 Å². The van der Waals surface area contributed by atoms with E-state index in [2.05, 4.69) is 0 Å². The summed E-state index contributed by atoms with van der Waals surface area (Å²) in [5, 5.41) is 0. The van der Waals surface area contributed by atoms with Gasteiger partial charge in [-0.2, -0.15) is 0 Å². The van der Waals surface area contributed by atoms with Crippen molar-refractivity contribution in [3.05, 3.63) is 35.9 Å². The second-order valence-electron chi connectivity index (χ2n) is 5.26. The minimum atomic E-state index is -0.607. The minimum Gasteiger partial charge on any atom is -0.462 e. The highest BCUT2D eigenvalue weighted by atomic mass is 19.1.